The number of nitrogens with zero attached hydrogens (tertiary/aromatic N) is 2. The third-order valence-electron chi connectivity index (χ3n) is 3.75. The Bertz CT molecular complexity index is 693. The van der Waals surface area contributed by atoms with E-state index in [-0.39, 0.29) is 5.91 Å². The Balaban J connectivity index is 1.76. The first kappa shape index (κ1) is 18.6. The van der Waals surface area contributed by atoms with E-state index in [1.807, 2.05) is 36.4 Å². The zero-order valence-corrected chi connectivity index (χ0v) is 15.1. The van der Waals surface area contributed by atoms with Gasteiger partial charge in [0.15, 0.2) is 5.96 Å². The Morgan fingerprint density at radius 1 is 1.12 bits per heavy atom. The number of carbonyl (C=O) groups excluding carboxylic acids is 1. The molecule has 2 rings (SSSR count). The number of furan rings is 1. The molecule has 1 aromatic carbocycles. The van der Waals surface area contributed by atoms with Crippen molar-refractivity contribution in [1.29, 1.82) is 0 Å². The molecule has 2 aromatic rings. The SMILES string of the molecule is CN=C(NCCc1cccc(C(=O)N(C)C)c1)NCCc1ccco1. The van der Waals surface area contributed by atoms with Crippen molar-refractivity contribution in [1.82, 2.24) is 15.5 Å². The minimum Gasteiger partial charge on any atom is -0.469 e. The predicted octanol–water partition coefficient (Wildman–Crippen LogP) is 1.93. The van der Waals surface area contributed by atoms with Crippen LogP contribution in [0.2, 0.25) is 0 Å². The van der Waals surface area contributed by atoms with Gasteiger partial charge in [-0.05, 0) is 36.2 Å². The molecule has 25 heavy (non-hydrogen) atoms. The van der Waals surface area contributed by atoms with Crippen LogP contribution in [-0.2, 0) is 12.8 Å². The summed E-state index contributed by atoms with van der Waals surface area (Å²) < 4.78 is 5.30. The van der Waals surface area contributed by atoms with Crippen LogP contribution in [0.1, 0.15) is 21.7 Å². The van der Waals surface area contributed by atoms with Crippen LogP contribution in [-0.4, -0.2) is 51.0 Å². The number of rotatable bonds is 7. The molecule has 0 bridgehead atoms. The summed E-state index contributed by atoms with van der Waals surface area (Å²) in [7, 11) is 5.27. The summed E-state index contributed by atoms with van der Waals surface area (Å²) in [4.78, 5) is 17.8. The first-order valence-corrected chi connectivity index (χ1v) is 8.37. The van der Waals surface area contributed by atoms with E-state index in [1.165, 1.54) is 0 Å². The van der Waals surface area contributed by atoms with Gasteiger partial charge in [-0.15, -0.1) is 0 Å². The van der Waals surface area contributed by atoms with Crippen LogP contribution in [0.3, 0.4) is 0 Å². The molecule has 0 aliphatic rings. The van der Waals surface area contributed by atoms with Gasteiger partial charge in [-0.3, -0.25) is 9.79 Å². The van der Waals surface area contributed by atoms with Crippen molar-refractivity contribution >= 4 is 11.9 Å². The average Bonchev–Trinajstić information content (AvgIpc) is 3.13. The highest BCUT2D eigenvalue weighted by Crippen LogP contribution is 2.07. The molecule has 1 heterocycles. The molecule has 0 fully saturated rings. The average molecular weight is 342 g/mol. The fraction of sp³-hybridized carbons (Fsp3) is 0.368. The second-order valence-corrected chi connectivity index (χ2v) is 5.91. The molecular weight excluding hydrogens is 316 g/mol. The summed E-state index contributed by atoms with van der Waals surface area (Å²) in [6, 6.07) is 11.6. The van der Waals surface area contributed by atoms with Crippen LogP contribution in [0.25, 0.3) is 0 Å². The number of aliphatic imine (C=N–C) groups is 1. The van der Waals surface area contributed by atoms with E-state index in [4.69, 9.17) is 4.42 Å². The first-order valence-electron chi connectivity index (χ1n) is 8.37. The van der Waals surface area contributed by atoms with E-state index < -0.39 is 0 Å². The molecule has 6 nitrogen and oxygen atoms in total. The van der Waals surface area contributed by atoms with E-state index in [0.717, 1.165) is 43.2 Å². The van der Waals surface area contributed by atoms with E-state index in [2.05, 4.69) is 15.6 Å². The van der Waals surface area contributed by atoms with Crippen molar-refractivity contribution in [3.8, 4) is 0 Å². The summed E-state index contributed by atoms with van der Waals surface area (Å²) in [6.07, 6.45) is 3.30. The van der Waals surface area contributed by atoms with Gasteiger partial charge in [0.2, 0.25) is 0 Å². The number of carbonyl (C=O) groups is 1. The quantitative estimate of drug-likeness (QED) is 0.596. The zero-order chi connectivity index (χ0) is 18.1. The molecule has 1 aromatic heterocycles. The van der Waals surface area contributed by atoms with Gasteiger partial charge in [0.1, 0.15) is 5.76 Å². The second kappa shape index (κ2) is 9.52. The van der Waals surface area contributed by atoms with Crippen LogP contribution in [0, 0.1) is 0 Å². The molecular formula is C19H26N4O2. The lowest BCUT2D eigenvalue weighted by Crippen LogP contribution is -2.39. The second-order valence-electron chi connectivity index (χ2n) is 5.91. The van der Waals surface area contributed by atoms with E-state index >= 15 is 0 Å². The summed E-state index contributed by atoms with van der Waals surface area (Å²) >= 11 is 0. The number of amides is 1. The number of hydrogen-bond donors (Lipinski definition) is 2. The number of guanidine groups is 1. The summed E-state index contributed by atoms with van der Waals surface area (Å²) in [5, 5.41) is 6.54. The van der Waals surface area contributed by atoms with Crippen molar-refractivity contribution in [3.05, 3.63) is 59.5 Å². The normalized spacial score (nSPS) is 11.2. The van der Waals surface area contributed by atoms with Crippen LogP contribution in [0.5, 0.6) is 0 Å². The molecule has 0 radical (unpaired) electrons. The molecule has 1 amide bonds. The Labute approximate surface area is 148 Å². The van der Waals surface area contributed by atoms with E-state index in [0.29, 0.717) is 5.56 Å². The third kappa shape index (κ3) is 5.99. The Kier molecular flexibility index (Phi) is 7.07. The zero-order valence-electron chi connectivity index (χ0n) is 15.1. The largest absolute Gasteiger partial charge is 0.469 e. The molecule has 134 valence electrons. The van der Waals surface area contributed by atoms with Crippen molar-refractivity contribution in [2.75, 3.05) is 34.2 Å². The Hall–Kier alpha value is -2.76. The minimum absolute atomic E-state index is 0.0187. The Morgan fingerprint density at radius 2 is 1.88 bits per heavy atom. The van der Waals surface area contributed by atoms with Gasteiger partial charge in [-0.1, -0.05) is 12.1 Å². The molecule has 0 atom stereocenters. The minimum atomic E-state index is 0.0187. The smallest absolute Gasteiger partial charge is 0.253 e. The van der Waals surface area contributed by atoms with Gasteiger partial charge in [0, 0.05) is 46.2 Å². The lowest BCUT2D eigenvalue weighted by atomic mass is 10.1. The van der Waals surface area contributed by atoms with E-state index in [9.17, 15) is 4.79 Å². The molecule has 0 saturated carbocycles. The van der Waals surface area contributed by atoms with Gasteiger partial charge in [-0.2, -0.15) is 0 Å². The fourth-order valence-electron chi connectivity index (χ4n) is 2.42. The molecule has 2 N–H and O–H groups in total. The fourth-order valence-corrected chi connectivity index (χ4v) is 2.42. The highest BCUT2D eigenvalue weighted by Gasteiger charge is 2.08. The first-order chi connectivity index (χ1) is 12.1. The summed E-state index contributed by atoms with van der Waals surface area (Å²) in [5.41, 5.74) is 1.83. The molecule has 0 unspecified atom stereocenters. The highest BCUT2D eigenvalue weighted by molar-refractivity contribution is 5.94. The van der Waals surface area contributed by atoms with Crippen molar-refractivity contribution < 1.29 is 9.21 Å². The number of benzene rings is 1. The van der Waals surface area contributed by atoms with Crippen LogP contribution >= 0.6 is 0 Å². The Morgan fingerprint density at radius 3 is 2.52 bits per heavy atom. The number of hydrogen-bond acceptors (Lipinski definition) is 3. The van der Waals surface area contributed by atoms with Crippen molar-refractivity contribution in [2.24, 2.45) is 4.99 Å². The monoisotopic (exact) mass is 342 g/mol. The van der Waals surface area contributed by atoms with E-state index in [1.54, 1.807) is 32.3 Å². The maximum absolute atomic E-state index is 12.0. The molecule has 0 saturated heterocycles. The van der Waals surface area contributed by atoms with Crippen molar-refractivity contribution in [3.63, 3.8) is 0 Å². The molecule has 0 spiro atoms. The topological polar surface area (TPSA) is 69.9 Å². The lowest BCUT2D eigenvalue weighted by Gasteiger charge is -2.13. The molecule has 0 aliphatic heterocycles. The maximum Gasteiger partial charge on any atom is 0.253 e. The molecule has 6 heteroatoms. The maximum atomic E-state index is 12.0. The van der Waals surface area contributed by atoms with Gasteiger partial charge in [0.25, 0.3) is 5.91 Å². The standard InChI is InChI=1S/C19H26N4O2/c1-20-19(22-12-10-17-8-5-13-25-17)21-11-9-15-6-4-7-16(14-15)18(24)23(2)3/h4-8,13-14H,9-12H2,1-3H3,(H2,20,21,22). The summed E-state index contributed by atoms with van der Waals surface area (Å²) in [5.74, 6) is 1.72. The highest BCUT2D eigenvalue weighted by atomic mass is 16.3. The van der Waals surface area contributed by atoms with Crippen LogP contribution in [0.15, 0.2) is 52.1 Å². The molecule has 0 aliphatic carbocycles. The lowest BCUT2D eigenvalue weighted by molar-refractivity contribution is 0.0827. The third-order valence-corrected chi connectivity index (χ3v) is 3.75. The van der Waals surface area contributed by atoms with Crippen LogP contribution < -0.4 is 10.6 Å². The van der Waals surface area contributed by atoms with Gasteiger partial charge in [0.05, 0.1) is 6.26 Å². The van der Waals surface area contributed by atoms with Gasteiger partial charge in [-0.25, -0.2) is 0 Å². The number of nitrogens with one attached hydrogen (secondary N) is 2. The van der Waals surface area contributed by atoms with Crippen molar-refractivity contribution in [2.45, 2.75) is 12.8 Å². The predicted molar refractivity (Wildman–Crippen MR) is 99.9 cm³/mol. The summed E-state index contributed by atoms with van der Waals surface area (Å²) in [6.45, 7) is 1.49. The van der Waals surface area contributed by atoms with Crippen LogP contribution in [0.4, 0.5) is 0 Å². The van der Waals surface area contributed by atoms with Gasteiger partial charge < -0.3 is 20.0 Å². The van der Waals surface area contributed by atoms with Gasteiger partial charge >= 0.3 is 0 Å².